The number of nitrogens with zero attached hydrogens (tertiary/aromatic N) is 4. The molecule has 3 fully saturated rings. The third kappa shape index (κ3) is 5.22. The first-order chi connectivity index (χ1) is 19.3. The molecule has 4 heterocycles. The Kier molecular flexibility index (Phi) is 6.87. The summed E-state index contributed by atoms with van der Waals surface area (Å²) in [5, 5.41) is 2.34. The summed E-state index contributed by atoms with van der Waals surface area (Å²) in [5.41, 5.74) is 0.127. The Hall–Kier alpha value is -3.71. The maximum absolute atomic E-state index is 15.3. The van der Waals surface area contributed by atoms with Crippen molar-refractivity contribution in [2.45, 2.75) is 68.3 Å². The molecule has 2 atom stereocenters. The zero-order chi connectivity index (χ0) is 27.9. The van der Waals surface area contributed by atoms with Gasteiger partial charge in [0.2, 0.25) is 21.8 Å². The molecule has 3 aromatic rings. The van der Waals surface area contributed by atoms with Crippen LogP contribution in [0, 0.1) is 5.82 Å². The van der Waals surface area contributed by atoms with E-state index >= 15 is 4.39 Å². The molecule has 2 aromatic heterocycles. The number of benzene rings is 1. The van der Waals surface area contributed by atoms with Gasteiger partial charge in [-0.3, -0.25) is 14.5 Å². The van der Waals surface area contributed by atoms with Crippen LogP contribution in [-0.2, 0) is 25.0 Å². The molecule has 13 heteroatoms. The molecule has 2 N–H and O–H groups in total. The lowest BCUT2D eigenvalue weighted by Crippen LogP contribution is -2.48. The molecular formula is C27H29FN6O5S. The summed E-state index contributed by atoms with van der Waals surface area (Å²) in [6, 6.07) is 5.92. The van der Waals surface area contributed by atoms with Crippen molar-refractivity contribution >= 4 is 27.4 Å². The standard InChI is InChI=1S/C27H29FN6O5S/c1-2-38-25-14-29-13-22(32-25)16-3-8-21(20(28)9-16)33-26(35)27(11-17-4-5-18(12-27)39-17)23-10-24(31-15-30-23)34-40(36,37)19-6-7-19/h3,8-10,13-15,17-19H,2,4-7,11-12H2,1H3,(H,33,35)(H,30,31,34). The number of fused-ring (bicyclic) bond motifs is 2. The van der Waals surface area contributed by atoms with Crippen LogP contribution in [0.25, 0.3) is 11.3 Å². The number of aromatic nitrogens is 4. The molecule has 2 unspecified atom stereocenters. The summed E-state index contributed by atoms with van der Waals surface area (Å²) in [4.78, 5) is 30.9. The number of nitrogens with one attached hydrogen (secondary N) is 2. The maximum atomic E-state index is 15.3. The number of amides is 1. The number of carbonyl (C=O) groups is 1. The third-order valence-corrected chi connectivity index (χ3v) is 9.41. The minimum atomic E-state index is -3.56. The second-order valence-corrected chi connectivity index (χ2v) is 12.4. The Labute approximate surface area is 231 Å². The minimum absolute atomic E-state index is 0.00426. The van der Waals surface area contributed by atoms with E-state index in [9.17, 15) is 13.2 Å². The van der Waals surface area contributed by atoms with Gasteiger partial charge in [-0.1, -0.05) is 6.07 Å². The summed E-state index contributed by atoms with van der Waals surface area (Å²) in [5.74, 6) is -0.640. The second-order valence-electron chi connectivity index (χ2n) is 10.4. The molecule has 3 aliphatic rings. The highest BCUT2D eigenvalue weighted by Gasteiger charge is 2.52. The molecule has 6 rings (SSSR count). The van der Waals surface area contributed by atoms with Crippen molar-refractivity contribution in [1.82, 2.24) is 19.9 Å². The minimum Gasteiger partial charge on any atom is -0.477 e. The summed E-state index contributed by atoms with van der Waals surface area (Å²) in [7, 11) is -3.56. The first-order valence-corrected chi connectivity index (χ1v) is 14.9. The SMILES string of the molecule is CCOc1cncc(-c2ccc(NC(=O)C3(c4cc(NS(=O)(=O)C5CC5)ncn4)CC4CCC(C3)O4)c(F)c2)n1. The molecule has 2 aliphatic heterocycles. The Morgan fingerprint density at radius 1 is 1.12 bits per heavy atom. The Balaban J connectivity index is 1.29. The molecule has 0 spiro atoms. The average Bonchev–Trinajstić information content (AvgIpc) is 3.75. The van der Waals surface area contributed by atoms with Crippen molar-refractivity contribution < 1.29 is 27.1 Å². The monoisotopic (exact) mass is 568 g/mol. The van der Waals surface area contributed by atoms with Crippen LogP contribution >= 0.6 is 0 Å². The number of rotatable bonds is 9. The zero-order valence-electron chi connectivity index (χ0n) is 21.8. The van der Waals surface area contributed by atoms with E-state index in [4.69, 9.17) is 9.47 Å². The molecule has 1 aromatic carbocycles. The molecule has 1 saturated carbocycles. The fourth-order valence-electron chi connectivity index (χ4n) is 5.46. The predicted molar refractivity (Wildman–Crippen MR) is 144 cm³/mol. The van der Waals surface area contributed by atoms with E-state index in [2.05, 4.69) is 30.0 Å². The van der Waals surface area contributed by atoms with E-state index in [1.807, 2.05) is 6.92 Å². The highest BCUT2D eigenvalue weighted by Crippen LogP contribution is 2.46. The molecule has 11 nitrogen and oxygen atoms in total. The van der Waals surface area contributed by atoms with E-state index in [0.717, 1.165) is 12.8 Å². The summed E-state index contributed by atoms with van der Waals surface area (Å²) >= 11 is 0. The van der Waals surface area contributed by atoms with Crippen molar-refractivity contribution in [3.05, 3.63) is 54.5 Å². The lowest BCUT2D eigenvalue weighted by molar-refractivity contribution is -0.129. The van der Waals surface area contributed by atoms with Crippen molar-refractivity contribution in [3.63, 3.8) is 0 Å². The fourth-order valence-corrected chi connectivity index (χ4v) is 6.78. The second kappa shape index (κ2) is 10.4. The first kappa shape index (κ1) is 26.5. The number of ether oxygens (including phenoxy) is 2. The smallest absolute Gasteiger partial charge is 0.236 e. The van der Waals surface area contributed by atoms with E-state index < -0.39 is 32.4 Å². The highest BCUT2D eigenvalue weighted by molar-refractivity contribution is 7.93. The van der Waals surface area contributed by atoms with Crippen molar-refractivity contribution in [2.24, 2.45) is 0 Å². The van der Waals surface area contributed by atoms with Crippen LogP contribution in [0.1, 0.15) is 51.1 Å². The number of sulfonamides is 1. The number of carbonyl (C=O) groups excluding carboxylic acids is 1. The number of hydrogen-bond acceptors (Lipinski definition) is 9. The largest absolute Gasteiger partial charge is 0.477 e. The van der Waals surface area contributed by atoms with Gasteiger partial charge in [0.1, 0.15) is 18.0 Å². The number of anilines is 2. The number of hydrogen-bond donors (Lipinski definition) is 2. The van der Waals surface area contributed by atoms with Crippen LogP contribution in [-0.4, -0.2) is 58.3 Å². The van der Waals surface area contributed by atoms with Crippen molar-refractivity contribution in [2.75, 3.05) is 16.6 Å². The molecule has 2 saturated heterocycles. The van der Waals surface area contributed by atoms with Crippen LogP contribution in [0.5, 0.6) is 5.88 Å². The van der Waals surface area contributed by atoms with Gasteiger partial charge in [0.05, 0.1) is 58.9 Å². The van der Waals surface area contributed by atoms with Crippen LogP contribution in [0.4, 0.5) is 15.9 Å². The van der Waals surface area contributed by atoms with E-state index in [-0.39, 0.29) is 23.7 Å². The van der Waals surface area contributed by atoms with Crippen LogP contribution in [0.15, 0.2) is 43.0 Å². The highest BCUT2D eigenvalue weighted by atomic mass is 32.2. The van der Waals surface area contributed by atoms with Crippen molar-refractivity contribution in [3.8, 4) is 17.1 Å². The fraction of sp³-hybridized carbons (Fsp3) is 0.444. The van der Waals surface area contributed by atoms with Gasteiger partial charge in [-0.25, -0.2) is 27.8 Å². The van der Waals surface area contributed by atoms with Gasteiger partial charge < -0.3 is 14.8 Å². The Bertz CT molecular complexity index is 1540. The van der Waals surface area contributed by atoms with Gasteiger partial charge in [-0.2, -0.15) is 0 Å². The lowest BCUT2D eigenvalue weighted by Gasteiger charge is -2.39. The normalized spacial score (nSPS) is 23.9. The van der Waals surface area contributed by atoms with E-state index in [1.165, 1.54) is 36.9 Å². The van der Waals surface area contributed by atoms with Crippen LogP contribution in [0.3, 0.4) is 0 Å². The van der Waals surface area contributed by atoms with Crippen molar-refractivity contribution in [1.29, 1.82) is 0 Å². The van der Waals surface area contributed by atoms with Gasteiger partial charge in [0.25, 0.3) is 0 Å². The molecule has 0 radical (unpaired) electrons. The number of halogens is 1. The van der Waals surface area contributed by atoms with Gasteiger partial charge in [0.15, 0.2) is 0 Å². The first-order valence-electron chi connectivity index (χ1n) is 13.3. The van der Waals surface area contributed by atoms with Gasteiger partial charge in [-0.05, 0) is 57.6 Å². The predicted octanol–water partition coefficient (Wildman–Crippen LogP) is 3.59. The van der Waals surface area contributed by atoms with E-state index in [0.29, 0.717) is 55.1 Å². The summed E-state index contributed by atoms with van der Waals surface area (Å²) < 4.78 is 54.3. The van der Waals surface area contributed by atoms with Crippen LogP contribution < -0.4 is 14.8 Å². The molecule has 40 heavy (non-hydrogen) atoms. The van der Waals surface area contributed by atoms with Gasteiger partial charge >= 0.3 is 0 Å². The summed E-state index contributed by atoms with van der Waals surface area (Å²) in [6.45, 7) is 2.25. The molecule has 1 amide bonds. The quantitative estimate of drug-likeness (QED) is 0.395. The molecular weight excluding hydrogens is 539 g/mol. The van der Waals surface area contributed by atoms with E-state index in [1.54, 1.807) is 6.07 Å². The third-order valence-electron chi connectivity index (χ3n) is 7.57. The zero-order valence-corrected chi connectivity index (χ0v) is 22.7. The van der Waals surface area contributed by atoms with Gasteiger partial charge in [0, 0.05) is 11.6 Å². The molecule has 210 valence electrons. The lowest BCUT2D eigenvalue weighted by atomic mass is 9.73. The summed E-state index contributed by atoms with van der Waals surface area (Å²) in [6.07, 6.45) is 7.41. The average molecular weight is 569 g/mol. The Morgan fingerprint density at radius 2 is 1.90 bits per heavy atom. The van der Waals surface area contributed by atoms with Gasteiger partial charge in [-0.15, -0.1) is 0 Å². The Morgan fingerprint density at radius 3 is 2.60 bits per heavy atom. The molecule has 1 aliphatic carbocycles. The maximum Gasteiger partial charge on any atom is 0.236 e. The topological polar surface area (TPSA) is 145 Å². The molecule has 2 bridgehead atoms. The van der Waals surface area contributed by atoms with Crippen LogP contribution in [0.2, 0.25) is 0 Å².